The van der Waals surface area contributed by atoms with Crippen molar-refractivity contribution in [1.29, 1.82) is 0 Å². The van der Waals surface area contributed by atoms with Crippen molar-refractivity contribution >= 4 is 17.1 Å². The lowest BCUT2D eigenvalue weighted by Gasteiger charge is -2.35. The number of hydrogen-bond acceptors (Lipinski definition) is 2. The zero-order chi connectivity index (χ0) is 38.0. The molecule has 2 heteroatoms. The third-order valence-corrected chi connectivity index (χ3v) is 11.2. The summed E-state index contributed by atoms with van der Waals surface area (Å²) in [4.78, 5) is 2.39. The normalized spacial score (nSPS) is 14.0. The van der Waals surface area contributed by atoms with Crippen molar-refractivity contribution in [3.8, 4) is 44.9 Å². The molecule has 9 aromatic carbocycles. The monoisotopic (exact) mass is 729 g/mol. The van der Waals surface area contributed by atoms with E-state index in [9.17, 15) is 0 Å². The number of ether oxygens (including phenoxy) is 1. The second-order valence-electron chi connectivity index (χ2n) is 14.5. The number of para-hydroxylation sites is 1. The molecule has 0 aliphatic heterocycles. The van der Waals surface area contributed by atoms with Crippen molar-refractivity contribution in [3.05, 3.63) is 259 Å². The van der Waals surface area contributed by atoms with Crippen LogP contribution in [0.15, 0.2) is 237 Å². The predicted octanol–water partition coefficient (Wildman–Crippen LogP) is 14.6. The van der Waals surface area contributed by atoms with Crippen LogP contribution in [0.5, 0.6) is 11.5 Å². The smallest absolute Gasteiger partial charge is 0.135 e. The molecule has 0 spiro atoms. The Kier molecular flexibility index (Phi) is 8.78. The topological polar surface area (TPSA) is 12.5 Å². The van der Waals surface area contributed by atoms with Crippen LogP contribution in [0.4, 0.5) is 17.1 Å². The molecule has 10 rings (SSSR count). The van der Waals surface area contributed by atoms with E-state index >= 15 is 0 Å². The van der Waals surface area contributed by atoms with Gasteiger partial charge in [-0.1, -0.05) is 182 Å². The molecule has 1 unspecified atom stereocenters. The van der Waals surface area contributed by atoms with Crippen LogP contribution in [0.25, 0.3) is 33.4 Å². The first kappa shape index (κ1) is 34.1. The van der Waals surface area contributed by atoms with Crippen molar-refractivity contribution in [1.82, 2.24) is 0 Å². The Labute approximate surface area is 334 Å². The van der Waals surface area contributed by atoms with Crippen LogP contribution in [-0.4, -0.2) is 0 Å². The fourth-order valence-corrected chi connectivity index (χ4v) is 8.69. The summed E-state index contributed by atoms with van der Waals surface area (Å²) in [6.45, 7) is 0. The fraction of sp³-hybridized carbons (Fsp3) is 0.0182. The van der Waals surface area contributed by atoms with Crippen LogP contribution in [0, 0.1) is 0 Å². The third-order valence-electron chi connectivity index (χ3n) is 11.2. The van der Waals surface area contributed by atoms with Crippen LogP contribution in [-0.2, 0) is 5.41 Å². The highest BCUT2D eigenvalue weighted by Crippen LogP contribution is 2.59. The maximum absolute atomic E-state index is 6.70. The summed E-state index contributed by atoms with van der Waals surface area (Å²) in [5.74, 6) is 1.66. The van der Waals surface area contributed by atoms with Crippen molar-refractivity contribution in [2.45, 2.75) is 5.41 Å². The van der Waals surface area contributed by atoms with Gasteiger partial charge in [0.05, 0.1) is 5.41 Å². The maximum atomic E-state index is 6.70. The molecule has 0 radical (unpaired) electrons. The van der Waals surface area contributed by atoms with E-state index in [-0.39, 0.29) is 0 Å². The quantitative estimate of drug-likeness (QED) is 0.147. The maximum Gasteiger partial charge on any atom is 0.135 e. The van der Waals surface area contributed by atoms with Crippen molar-refractivity contribution in [2.24, 2.45) is 0 Å². The molecule has 57 heavy (non-hydrogen) atoms. The largest absolute Gasteiger partial charge is 0.457 e. The third kappa shape index (κ3) is 6.09. The first-order chi connectivity index (χ1) is 28.3. The number of hydrogen-bond donors (Lipinski definition) is 0. The Bertz CT molecular complexity index is 2800. The van der Waals surface area contributed by atoms with Gasteiger partial charge in [0.25, 0.3) is 0 Å². The SMILES string of the molecule is c1ccc(Oc2cccc3c2-c2ccccc2C3(c2ccccc2)c2cccc(N(c3ccc(-c4ccccc4)cc3)c3cccc(-c4ccccc4)c3)c2)cc1. The molecule has 1 atom stereocenters. The summed E-state index contributed by atoms with van der Waals surface area (Å²) < 4.78 is 6.70. The Hall–Kier alpha value is -7.42. The number of fused-ring (bicyclic) bond motifs is 3. The molecular weight excluding hydrogens is 691 g/mol. The molecule has 270 valence electrons. The Morgan fingerprint density at radius 1 is 0.333 bits per heavy atom. The minimum absolute atomic E-state index is 0.617. The minimum Gasteiger partial charge on any atom is -0.457 e. The molecular formula is C55H39NO. The average Bonchev–Trinajstić information content (AvgIpc) is 3.60. The standard InChI is InChI=1S/C55H39NO/c1-5-18-40(19-6-1)42-34-36-46(37-35-42)56(47-26-15-22-43(38-47)41-20-7-2-8-21-41)48-27-16-25-45(39-48)55(44-23-9-3-10-24-44)51-31-14-13-30-50(51)54-52(55)32-17-33-53(54)57-49-28-11-4-12-29-49/h1-39H. The van der Waals surface area contributed by atoms with Gasteiger partial charge in [-0.3, -0.25) is 0 Å². The molecule has 1 aliphatic carbocycles. The summed E-state index contributed by atoms with van der Waals surface area (Å²) >= 11 is 0. The highest BCUT2D eigenvalue weighted by molar-refractivity contribution is 5.91. The molecule has 0 aromatic heterocycles. The van der Waals surface area contributed by atoms with Gasteiger partial charge in [-0.2, -0.15) is 0 Å². The number of anilines is 3. The van der Waals surface area contributed by atoms with Crippen LogP contribution in [0.1, 0.15) is 22.3 Å². The molecule has 0 amide bonds. The zero-order valence-electron chi connectivity index (χ0n) is 31.4. The Morgan fingerprint density at radius 3 is 1.56 bits per heavy atom. The number of nitrogens with zero attached hydrogens (tertiary/aromatic N) is 1. The summed E-state index contributed by atoms with van der Waals surface area (Å²) in [5.41, 5.74) is 14.5. The molecule has 9 aromatic rings. The van der Waals surface area contributed by atoms with E-state index in [4.69, 9.17) is 4.74 Å². The van der Waals surface area contributed by atoms with Gasteiger partial charge in [0.2, 0.25) is 0 Å². The average molecular weight is 730 g/mol. The second kappa shape index (κ2) is 14.7. The molecule has 2 nitrogen and oxygen atoms in total. The second-order valence-corrected chi connectivity index (χ2v) is 14.5. The highest BCUT2D eigenvalue weighted by atomic mass is 16.5. The fourth-order valence-electron chi connectivity index (χ4n) is 8.69. The van der Waals surface area contributed by atoms with Crippen molar-refractivity contribution in [2.75, 3.05) is 4.90 Å². The van der Waals surface area contributed by atoms with Crippen molar-refractivity contribution in [3.63, 3.8) is 0 Å². The Balaban J connectivity index is 1.19. The molecule has 0 saturated heterocycles. The summed E-state index contributed by atoms with van der Waals surface area (Å²) in [6, 6.07) is 84.5. The molecule has 0 heterocycles. The van der Waals surface area contributed by atoms with E-state index in [0.29, 0.717) is 0 Å². The first-order valence-corrected chi connectivity index (χ1v) is 19.5. The predicted molar refractivity (Wildman–Crippen MR) is 236 cm³/mol. The van der Waals surface area contributed by atoms with Crippen LogP contribution in [0.3, 0.4) is 0 Å². The van der Waals surface area contributed by atoms with E-state index < -0.39 is 5.41 Å². The van der Waals surface area contributed by atoms with Gasteiger partial charge in [-0.15, -0.1) is 0 Å². The van der Waals surface area contributed by atoms with Gasteiger partial charge in [0.15, 0.2) is 0 Å². The van der Waals surface area contributed by atoms with Gasteiger partial charge in [0, 0.05) is 22.6 Å². The van der Waals surface area contributed by atoms with Gasteiger partial charge in [-0.05, 0) is 105 Å². The molecule has 0 N–H and O–H groups in total. The number of benzene rings is 9. The minimum atomic E-state index is -0.617. The molecule has 0 saturated carbocycles. The van der Waals surface area contributed by atoms with E-state index in [1.807, 2.05) is 30.3 Å². The van der Waals surface area contributed by atoms with Crippen LogP contribution in [0.2, 0.25) is 0 Å². The van der Waals surface area contributed by atoms with Crippen molar-refractivity contribution < 1.29 is 4.74 Å². The number of rotatable bonds is 9. The van der Waals surface area contributed by atoms with Gasteiger partial charge in [0.1, 0.15) is 11.5 Å². The summed E-state index contributed by atoms with van der Waals surface area (Å²) in [7, 11) is 0. The van der Waals surface area contributed by atoms with Gasteiger partial charge >= 0.3 is 0 Å². The molecule has 0 fully saturated rings. The van der Waals surface area contributed by atoms with E-state index in [1.165, 1.54) is 50.1 Å². The van der Waals surface area contributed by atoms with E-state index in [1.54, 1.807) is 0 Å². The van der Waals surface area contributed by atoms with Gasteiger partial charge < -0.3 is 9.64 Å². The Morgan fingerprint density at radius 2 is 0.842 bits per heavy atom. The molecule has 0 bridgehead atoms. The van der Waals surface area contributed by atoms with E-state index in [0.717, 1.165) is 34.1 Å². The summed E-state index contributed by atoms with van der Waals surface area (Å²) in [5, 5.41) is 0. The van der Waals surface area contributed by atoms with Crippen LogP contribution >= 0.6 is 0 Å². The molecule has 1 aliphatic rings. The lowest BCUT2D eigenvalue weighted by atomic mass is 9.67. The first-order valence-electron chi connectivity index (χ1n) is 19.5. The highest BCUT2D eigenvalue weighted by Gasteiger charge is 2.47. The summed E-state index contributed by atoms with van der Waals surface area (Å²) in [6.07, 6.45) is 0. The lowest BCUT2D eigenvalue weighted by molar-refractivity contribution is 0.484. The zero-order valence-corrected chi connectivity index (χ0v) is 31.4. The lowest BCUT2D eigenvalue weighted by Crippen LogP contribution is -2.28. The van der Waals surface area contributed by atoms with E-state index in [2.05, 4.69) is 211 Å². The van der Waals surface area contributed by atoms with Gasteiger partial charge in [-0.25, -0.2) is 0 Å². The van der Waals surface area contributed by atoms with Crippen LogP contribution < -0.4 is 9.64 Å².